The third-order valence-electron chi connectivity index (χ3n) is 6.95. The van der Waals surface area contributed by atoms with E-state index in [-0.39, 0.29) is 17.2 Å². The van der Waals surface area contributed by atoms with E-state index in [4.69, 9.17) is 4.74 Å². The van der Waals surface area contributed by atoms with Crippen molar-refractivity contribution >= 4 is 5.78 Å². The maximum absolute atomic E-state index is 13.1. The molecule has 0 N–H and O–H groups in total. The van der Waals surface area contributed by atoms with Gasteiger partial charge in [-0.3, -0.25) is 4.79 Å². The predicted molar refractivity (Wildman–Crippen MR) is 119 cm³/mol. The molecule has 0 radical (unpaired) electrons. The zero-order valence-corrected chi connectivity index (χ0v) is 17.7. The van der Waals surface area contributed by atoms with Crippen LogP contribution < -0.4 is 0 Å². The lowest BCUT2D eigenvalue weighted by Gasteiger charge is -2.44. The van der Waals surface area contributed by atoms with Crippen molar-refractivity contribution in [2.24, 2.45) is 5.92 Å². The van der Waals surface area contributed by atoms with E-state index < -0.39 is 0 Å². The van der Waals surface area contributed by atoms with Crippen LogP contribution in [0.3, 0.4) is 0 Å². The quantitative estimate of drug-likeness (QED) is 0.570. The molecule has 0 aromatic heterocycles. The van der Waals surface area contributed by atoms with Gasteiger partial charge < -0.3 is 9.64 Å². The average Bonchev–Trinajstić information content (AvgIpc) is 3.15. The maximum atomic E-state index is 13.1. The first-order valence-corrected chi connectivity index (χ1v) is 11.3. The van der Waals surface area contributed by atoms with Crippen LogP contribution in [0.25, 0.3) is 0 Å². The third kappa shape index (κ3) is 3.85. The van der Waals surface area contributed by atoms with Crippen LogP contribution in [0.2, 0.25) is 0 Å². The Bertz CT molecular complexity index is 1010. The van der Waals surface area contributed by atoms with Crippen molar-refractivity contribution in [2.75, 3.05) is 19.6 Å². The van der Waals surface area contributed by atoms with Crippen LogP contribution >= 0.6 is 0 Å². The number of ether oxygens (including phenoxy) is 1. The third-order valence-corrected chi connectivity index (χ3v) is 6.95. The van der Waals surface area contributed by atoms with Crippen LogP contribution in [0, 0.1) is 11.7 Å². The summed E-state index contributed by atoms with van der Waals surface area (Å²) < 4.78 is 19.8. The van der Waals surface area contributed by atoms with Crippen molar-refractivity contribution in [3.05, 3.63) is 95.0 Å². The number of hydrogen-bond acceptors (Lipinski definition) is 3. The fourth-order valence-corrected chi connectivity index (χ4v) is 5.34. The van der Waals surface area contributed by atoms with Gasteiger partial charge in [-0.2, -0.15) is 0 Å². The lowest BCUT2D eigenvalue weighted by molar-refractivity contribution is -0.0620. The van der Waals surface area contributed by atoms with Gasteiger partial charge in [-0.15, -0.1) is 0 Å². The Kier molecular flexibility index (Phi) is 5.49. The van der Waals surface area contributed by atoms with Crippen LogP contribution in [0.5, 0.6) is 0 Å². The number of halogens is 1. The molecule has 3 nitrogen and oxygen atoms in total. The first-order chi connectivity index (χ1) is 15.2. The molecule has 2 aromatic rings. The molecule has 1 fully saturated rings. The van der Waals surface area contributed by atoms with Gasteiger partial charge in [-0.05, 0) is 54.8 Å². The molecule has 160 valence electrons. The molecule has 2 aliphatic heterocycles. The number of rotatable bonds is 6. The summed E-state index contributed by atoms with van der Waals surface area (Å²) in [4.78, 5) is 14.9. The van der Waals surface area contributed by atoms with Crippen LogP contribution in [0.1, 0.15) is 48.0 Å². The van der Waals surface area contributed by atoms with Crippen molar-refractivity contribution in [3.8, 4) is 0 Å². The number of hydrogen-bond donors (Lipinski definition) is 0. The van der Waals surface area contributed by atoms with Gasteiger partial charge in [0.1, 0.15) is 17.2 Å². The highest BCUT2D eigenvalue weighted by Gasteiger charge is 2.52. The second-order valence-electron chi connectivity index (χ2n) is 8.81. The van der Waals surface area contributed by atoms with Crippen molar-refractivity contribution in [1.82, 2.24) is 4.90 Å². The van der Waals surface area contributed by atoms with E-state index in [0.29, 0.717) is 17.9 Å². The molecule has 0 bridgehead atoms. The molecular formula is C27H28FNO2. The first-order valence-electron chi connectivity index (χ1n) is 11.3. The first kappa shape index (κ1) is 20.2. The minimum absolute atomic E-state index is 0.0834. The molecule has 3 aliphatic rings. The SMILES string of the molecule is O=C(CCCN1CC[C@@]2(c3ccccc3)OC3=C(C=CCC3)[C@H]2C1)c1ccc(F)cc1. The number of benzene rings is 2. The smallest absolute Gasteiger partial charge is 0.162 e. The maximum Gasteiger partial charge on any atom is 0.162 e. The van der Waals surface area contributed by atoms with Gasteiger partial charge in [-0.25, -0.2) is 4.39 Å². The summed E-state index contributed by atoms with van der Waals surface area (Å²) >= 11 is 0. The van der Waals surface area contributed by atoms with E-state index in [1.807, 2.05) is 0 Å². The Morgan fingerprint density at radius 3 is 2.74 bits per heavy atom. The normalized spacial score (nSPS) is 25.1. The number of ketones is 1. The second kappa shape index (κ2) is 8.43. The van der Waals surface area contributed by atoms with E-state index in [1.165, 1.54) is 29.0 Å². The molecule has 0 amide bonds. The standard InChI is InChI=1S/C27H28FNO2/c28-22-14-12-20(13-15-22)25(30)10-6-17-29-18-16-27(21-7-2-1-3-8-21)24(19-29)23-9-4-5-11-26(23)31-27/h1-4,7-9,12-15,24H,5-6,10-11,16-19H2/t24-,27+/m1/s1. The monoisotopic (exact) mass is 417 g/mol. The molecule has 2 aromatic carbocycles. The second-order valence-corrected chi connectivity index (χ2v) is 8.81. The highest BCUT2D eigenvalue weighted by atomic mass is 19.1. The number of carbonyl (C=O) groups is 1. The van der Waals surface area contributed by atoms with Gasteiger partial charge in [0.25, 0.3) is 0 Å². The Morgan fingerprint density at radius 2 is 1.94 bits per heavy atom. The van der Waals surface area contributed by atoms with Crippen molar-refractivity contribution < 1.29 is 13.9 Å². The Hall–Kier alpha value is -2.72. The molecule has 4 heteroatoms. The largest absolute Gasteiger partial charge is 0.486 e. The highest BCUT2D eigenvalue weighted by molar-refractivity contribution is 5.95. The summed E-state index contributed by atoms with van der Waals surface area (Å²) in [7, 11) is 0. The average molecular weight is 418 g/mol. The Morgan fingerprint density at radius 1 is 1.13 bits per heavy atom. The van der Waals surface area contributed by atoms with E-state index in [9.17, 15) is 9.18 Å². The summed E-state index contributed by atoms with van der Waals surface area (Å²) in [6, 6.07) is 16.5. The Balaban J connectivity index is 1.27. The molecule has 0 spiro atoms. The van der Waals surface area contributed by atoms with Crippen molar-refractivity contribution in [1.29, 1.82) is 0 Å². The topological polar surface area (TPSA) is 29.5 Å². The summed E-state index contributed by atoms with van der Waals surface area (Å²) in [5, 5.41) is 0. The molecule has 0 saturated carbocycles. The molecule has 1 saturated heterocycles. The number of allylic oxidation sites excluding steroid dienone is 3. The van der Waals surface area contributed by atoms with E-state index >= 15 is 0 Å². The fraction of sp³-hybridized carbons (Fsp3) is 0.370. The number of nitrogens with zero attached hydrogens (tertiary/aromatic N) is 1. The van der Waals surface area contributed by atoms with E-state index in [1.54, 1.807) is 12.1 Å². The van der Waals surface area contributed by atoms with E-state index in [0.717, 1.165) is 45.3 Å². The van der Waals surface area contributed by atoms with Crippen molar-refractivity contribution in [3.63, 3.8) is 0 Å². The number of carbonyl (C=O) groups excluding carboxylic acids is 1. The minimum Gasteiger partial charge on any atom is -0.486 e. The molecule has 2 atom stereocenters. The summed E-state index contributed by atoms with van der Waals surface area (Å²) in [5.74, 6) is 1.27. The minimum atomic E-state index is -0.309. The summed E-state index contributed by atoms with van der Waals surface area (Å²) in [5.41, 5.74) is 2.96. The lowest BCUT2D eigenvalue weighted by atomic mass is 9.73. The molecule has 31 heavy (non-hydrogen) atoms. The fourth-order valence-electron chi connectivity index (χ4n) is 5.34. The molecule has 2 heterocycles. The van der Waals surface area contributed by atoms with Crippen LogP contribution in [0.4, 0.5) is 4.39 Å². The number of Topliss-reactive ketones (excluding diaryl/α,β-unsaturated/α-hetero) is 1. The van der Waals surface area contributed by atoms with E-state index in [2.05, 4.69) is 47.4 Å². The summed E-state index contributed by atoms with van der Waals surface area (Å²) in [6.45, 7) is 2.80. The molecular weight excluding hydrogens is 389 g/mol. The van der Waals surface area contributed by atoms with Gasteiger partial charge in [-0.1, -0.05) is 42.5 Å². The van der Waals surface area contributed by atoms with Gasteiger partial charge in [0.05, 0.1) is 0 Å². The van der Waals surface area contributed by atoms with Crippen LogP contribution in [-0.2, 0) is 10.3 Å². The molecule has 5 rings (SSSR count). The van der Waals surface area contributed by atoms with Gasteiger partial charge in [0.15, 0.2) is 5.78 Å². The van der Waals surface area contributed by atoms with Crippen LogP contribution in [0.15, 0.2) is 78.1 Å². The number of fused-ring (bicyclic) bond motifs is 2. The lowest BCUT2D eigenvalue weighted by Crippen LogP contribution is -2.49. The summed E-state index contributed by atoms with van der Waals surface area (Å²) in [6.07, 6.45) is 8.83. The van der Waals surface area contributed by atoms with Crippen LogP contribution in [-0.4, -0.2) is 30.3 Å². The number of piperidine rings is 1. The molecule has 1 aliphatic carbocycles. The zero-order valence-electron chi connectivity index (χ0n) is 17.7. The predicted octanol–water partition coefficient (Wildman–Crippen LogP) is 5.64. The number of likely N-dealkylation sites (tertiary alicyclic amines) is 1. The highest BCUT2D eigenvalue weighted by Crippen LogP contribution is 2.53. The van der Waals surface area contributed by atoms with Gasteiger partial charge >= 0.3 is 0 Å². The zero-order chi connectivity index (χ0) is 21.3. The molecule has 0 unspecified atom stereocenters. The Labute approximate surface area is 183 Å². The van der Waals surface area contributed by atoms with Crippen molar-refractivity contribution in [2.45, 2.75) is 37.7 Å². The van der Waals surface area contributed by atoms with Gasteiger partial charge in [0, 0.05) is 43.8 Å². The van der Waals surface area contributed by atoms with Gasteiger partial charge in [0.2, 0.25) is 0 Å².